The molecule has 0 fully saturated rings. The van der Waals surface area contributed by atoms with Gasteiger partial charge in [0.2, 0.25) is 5.91 Å². The molecule has 0 saturated heterocycles. The van der Waals surface area contributed by atoms with E-state index >= 15 is 0 Å². The van der Waals surface area contributed by atoms with E-state index in [-0.39, 0.29) is 18.3 Å². The Morgan fingerprint density at radius 1 is 1.17 bits per heavy atom. The molecular formula is C11H14ClF3N2O. The number of rotatable bonds is 3. The molecule has 0 saturated carbocycles. The first-order valence-electron chi connectivity index (χ1n) is 5.04. The zero-order chi connectivity index (χ0) is 13.2. The lowest BCUT2D eigenvalue weighted by Gasteiger charge is -2.15. The van der Waals surface area contributed by atoms with E-state index < -0.39 is 35.1 Å². The second kappa shape index (κ2) is 6.61. The van der Waals surface area contributed by atoms with Crippen LogP contribution < -0.4 is 11.1 Å². The summed E-state index contributed by atoms with van der Waals surface area (Å²) in [6.07, 6.45) is 0. The van der Waals surface area contributed by atoms with Gasteiger partial charge in [0.05, 0.1) is 11.7 Å². The van der Waals surface area contributed by atoms with Gasteiger partial charge in [0, 0.05) is 12.1 Å². The summed E-state index contributed by atoms with van der Waals surface area (Å²) >= 11 is 0. The van der Waals surface area contributed by atoms with Crippen LogP contribution in [0.25, 0.3) is 0 Å². The molecule has 1 rings (SSSR count). The van der Waals surface area contributed by atoms with Crippen molar-refractivity contribution in [3.63, 3.8) is 0 Å². The SMILES string of the molecule is CC(C)[C@@H](N)C(=O)Nc1cc(F)c(F)cc1F.Cl. The number of halogens is 4. The zero-order valence-electron chi connectivity index (χ0n) is 9.84. The third-order valence-corrected chi connectivity index (χ3v) is 2.29. The first-order chi connectivity index (χ1) is 7.82. The highest BCUT2D eigenvalue weighted by molar-refractivity contribution is 5.94. The third-order valence-electron chi connectivity index (χ3n) is 2.29. The standard InChI is InChI=1S/C11H13F3N2O.ClH/c1-5(2)10(15)11(17)16-9-4-7(13)6(12)3-8(9)14;/h3-5,10H,15H2,1-2H3,(H,16,17);1H/t10-;/m1./s1. The molecule has 1 aromatic rings. The van der Waals surface area contributed by atoms with E-state index in [1.807, 2.05) is 0 Å². The average Bonchev–Trinajstić information content (AvgIpc) is 2.24. The minimum absolute atomic E-state index is 0. The van der Waals surface area contributed by atoms with E-state index in [0.29, 0.717) is 12.1 Å². The Kier molecular flexibility index (Phi) is 6.14. The molecular weight excluding hydrogens is 269 g/mol. The van der Waals surface area contributed by atoms with Crippen LogP contribution >= 0.6 is 12.4 Å². The van der Waals surface area contributed by atoms with Crippen LogP contribution in [0.1, 0.15) is 13.8 Å². The lowest BCUT2D eigenvalue weighted by atomic mass is 10.0. The molecule has 1 atom stereocenters. The smallest absolute Gasteiger partial charge is 0.241 e. The molecule has 0 unspecified atom stereocenters. The van der Waals surface area contributed by atoms with E-state index in [0.717, 1.165) is 0 Å². The van der Waals surface area contributed by atoms with Gasteiger partial charge in [-0.1, -0.05) is 13.8 Å². The molecule has 0 heterocycles. The molecule has 0 aromatic heterocycles. The van der Waals surface area contributed by atoms with Gasteiger partial charge in [-0.2, -0.15) is 0 Å². The fraction of sp³-hybridized carbons (Fsp3) is 0.364. The monoisotopic (exact) mass is 282 g/mol. The molecule has 1 amide bonds. The normalized spacial score (nSPS) is 11.9. The Bertz CT molecular complexity index is 441. The number of amides is 1. The van der Waals surface area contributed by atoms with Crippen molar-refractivity contribution in [2.24, 2.45) is 11.7 Å². The van der Waals surface area contributed by atoms with Gasteiger partial charge in [-0.05, 0) is 5.92 Å². The van der Waals surface area contributed by atoms with Crippen molar-refractivity contribution in [3.05, 3.63) is 29.6 Å². The van der Waals surface area contributed by atoms with Crippen molar-refractivity contribution in [1.82, 2.24) is 0 Å². The summed E-state index contributed by atoms with van der Waals surface area (Å²) < 4.78 is 38.7. The van der Waals surface area contributed by atoms with Crippen molar-refractivity contribution in [2.75, 3.05) is 5.32 Å². The number of carbonyl (C=O) groups excluding carboxylic acids is 1. The fourth-order valence-electron chi connectivity index (χ4n) is 1.14. The van der Waals surface area contributed by atoms with E-state index in [1.54, 1.807) is 13.8 Å². The molecule has 0 bridgehead atoms. The summed E-state index contributed by atoms with van der Waals surface area (Å²) in [4.78, 5) is 11.5. The van der Waals surface area contributed by atoms with Crippen LogP contribution in [0.5, 0.6) is 0 Å². The minimum atomic E-state index is -1.31. The van der Waals surface area contributed by atoms with Crippen molar-refractivity contribution in [3.8, 4) is 0 Å². The first-order valence-corrected chi connectivity index (χ1v) is 5.04. The van der Waals surface area contributed by atoms with E-state index in [9.17, 15) is 18.0 Å². The van der Waals surface area contributed by atoms with Gasteiger partial charge in [0.1, 0.15) is 5.82 Å². The van der Waals surface area contributed by atoms with Crippen LogP contribution in [0, 0.1) is 23.4 Å². The topological polar surface area (TPSA) is 55.1 Å². The number of hydrogen-bond donors (Lipinski definition) is 2. The lowest BCUT2D eigenvalue weighted by molar-refractivity contribution is -0.118. The molecule has 7 heteroatoms. The molecule has 1 aromatic carbocycles. The van der Waals surface area contributed by atoms with Gasteiger partial charge in [-0.15, -0.1) is 12.4 Å². The van der Waals surface area contributed by atoms with Crippen LogP contribution in [-0.4, -0.2) is 11.9 Å². The number of hydrogen-bond acceptors (Lipinski definition) is 2. The number of nitrogens with two attached hydrogens (primary N) is 1. The van der Waals surface area contributed by atoms with E-state index in [2.05, 4.69) is 5.32 Å². The summed E-state index contributed by atoms with van der Waals surface area (Å²) in [6.45, 7) is 3.43. The molecule has 0 radical (unpaired) electrons. The Morgan fingerprint density at radius 3 is 2.17 bits per heavy atom. The Hall–Kier alpha value is -1.27. The van der Waals surface area contributed by atoms with Gasteiger partial charge in [-0.25, -0.2) is 13.2 Å². The summed E-state index contributed by atoms with van der Waals surface area (Å²) in [7, 11) is 0. The highest BCUT2D eigenvalue weighted by atomic mass is 35.5. The Morgan fingerprint density at radius 2 is 1.67 bits per heavy atom. The second-order valence-electron chi connectivity index (χ2n) is 4.01. The van der Waals surface area contributed by atoms with Crippen molar-refractivity contribution in [1.29, 1.82) is 0 Å². The predicted molar refractivity (Wildman–Crippen MR) is 65.0 cm³/mol. The van der Waals surface area contributed by atoms with Crippen LogP contribution in [-0.2, 0) is 4.79 Å². The molecule has 102 valence electrons. The molecule has 0 spiro atoms. The molecule has 18 heavy (non-hydrogen) atoms. The summed E-state index contributed by atoms with van der Waals surface area (Å²) in [5.41, 5.74) is 5.10. The Labute approximate surface area is 109 Å². The van der Waals surface area contributed by atoms with Crippen LogP contribution in [0.15, 0.2) is 12.1 Å². The van der Waals surface area contributed by atoms with Crippen LogP contribution in [0.4, 0.5) is 18.9 Å². The number of carbonyl (C=O) groups is 1. The highest BCUT2D eigenvalue weighted by Crippen LogP contribution is 2.18. The third kappa shape index (κ3) is 3.89. The zero-order valence-corrected chi connectivity index (χ0v) is 10.7. The van der Waals surface area contributed by atoms with Gasteiger partial charge in [-0.3, -0.25) is 4.79 Å². The Balaban J connectivity index is 0.00000289. The maximum atomic E-state index is 13.2. The summed E-state index contributed by atoms with van der Waals surface area (Å²) in [6, 6.07) is 0.101. The van der Waals surface area contributed by atoms with Gasteiger partial charge in [0.15, 0.2) is 11.6 Å². The average molecular weight is 283 g/mol. The van der Waals surface area contributed by atoms with Crippen molar-refractivity contribution >= 4 is 24.0 Å². The van der Waals surface area contributed by atoms with Gasteiger partial charge in [0.25, 0.3) is 0 Å². The highest BCUT2D eigenvalue weighted by Gasteiger charge is 2.19. The molecule has 0 aliphatic rings. The maximum Gasteiger partial charge on any atom is 0.241 e. The number of anilines is 1. The van der Waals surface area contributed by atoms with E-state index in [4.69, 9.17) is 5.73 Å². The summed E-state index contributed by atoms with van der Waals surface area (Å²) in [5, 5.41) is 2.11. The minimum Gasteiger partial charge on any atom is -0.322 e. The molecule has 3 N–H and O–H groups in total. The summed E-state index contributed by atoms with van der Waals surface area (Å²) in [5.74, 6) is -4.39. The molecule has 0 aliphatic heterocycles. The lowest BCUT2D eigenvalue weighted by Crippen LogP contribution is -2.39. The molecule has 3 nitrogen and oxygen atoms in total. The number of nitrogens with one attached hydrogen (secondary N) is 1. The predicted octanol–water partition coefficient (Wildman–Crippen LogP) is 2.45. The van der Waals surface area contributed by atoms with Gasteiger partial charge >= 0.3 is 0 Å². The van der Waals surface area contributed by atoms with Crippen LogP contribution in [0.3, 0.4) is 0 Å². The fourth-order valence-corrected chi connectivity index (χ4v) is 1.14. The second-order valence-corrected chi connectivity index (χ2v) is 4.01. The van der Waals surface area contributed by atoms with E-state index in [1.165, 1.54) is 0 Å². The first kappa shape index (κ1) is 16.7. The molecule has 0 aliphatic carbocycles. The quantitative estimate of drug-likeness (QED) is 0.837. The van der Waals surface area contributed by atoms with Crippen molar-refractivity contribution in [2.45, 2.75) is 19.9 Å². The van der Waals surface area contributed by atoms with Gasteiger partial charge < -0.3 is 11.1 Å². The maximum absolute atomic E-state index is 13.2. The number of benzene rings is 1. The van der Waals surface area contributed by atoms with Crippen molar-refractivity contribution < 1.29 is 18.0 Å². The largest absolute Gasteiger partial charge is 0.322 e. The van der Waals surface area contributed by atoms with Crippen LogP contribution in [0.2, 0.25) is 0 Å².